The van der Waals surface area contributed by atoms with Gasteiger partial charge in [-0.05, 0) is 31.5 Å². The number of fused-ring (bicyclic) bond motifs is 4. The molecule has 2 saturated heterocycles. The third-order valence-electron chi connectivity index (χ3n) is 6.67. The minimum atomic E-state index is -0.593. The highest BCUT2D eigenvalue weighted by atomic mass is 16.5. The Morgan fingerprint density at radius 1 is 1.06 bits per heavy atom. The maximum Gasteiger partial charge on any atom is 0.255 e. The number of hydrogen-bond donors (Lipinski definition) is 0. The van der Waals surface area contributed by atoms with E-state index in [4.69, 9.17) is 4.74 Å². The number of carbonyl (C=O) groups is 2. The molecule has 31 heavy (non-hydrogen) atoms. The fraction of sp³-hybridized carbons (Fsp3) is 0.478. The third-order valence-corrected chi connectivity index (χ3v) is 6.67. The number of carbonyl (C=O) groups excluding carboxylic acids is 2. The van der Waals surface area contributed by atoms with Crippen LogP contribution in [0.5, 0.6) is 0 Å². The predicted molar refractivity (Wildman–Crippen MR) is 113 cm³/mol. The Balaban J connectivity index is 1.50. The van der Waals surface area contributed by atoms with Gasteiger partial charge in [-0.15, -0.1) is 0 Å². The third kappa shape index (κ3) is 3.54. The molecule has 0 radical (unpaired) electrons. The lowest BCUT2D eigenvalue weighted by atomic mass is 9.77. The lowest BCUT2D eigenvalue weighted by molar-refractivity contribution is -0.142. The minimum absolute atomic E-state index is 0.0312. The lowest BCUT2D eigenvalue weighted by Gasteiger charge is -2.47. The largest absolute Gasteiger partial charge is 0.378 e. The summed E-state index contributed by atoms with van der Waals surface area (Å²) in [5.74, 6) is -0.202. The van der Waals surface area contributed by atoms with Gasteiger partial charge < -0.3 is 14.5 Å². The molecule has 3 aliphatic rings. The molecule has 2 aromatic heterocycles. The van der Waals surface area contributed by atoms with Crippen LogP contribution < -0.4 is 5.56 Å². The molecule has 2 fully saturated rings. The van der Waals surface area contributed by atoms with Crippen molar-refractivity contribution in [1.29, 1.82) is 0 Å². The van der Waals surface area contributed by atoms with Crippen LogP contribution in [0.3, 0.4) is 0 Å². The molecule has 0 N–H and O–H groups in total. The summed E-state index contributed by atoms with van der Waals surface area (Å²) < 4.78 is 7.08. The average molecular weight is 422 g/mol. The molecule has 3 atom stereocenters. The first-order chi connectivity index (χ1) is 15.0. The van der Waals surface area contributed by atoms with Crippen molar-refractivity contribution in [3.05, 3.63) is 63.8 Å². The van der Waals surface area contributed by atoms with E-state index < -0.39 is 6.04 Å². The van der Waals surface area contributed by atoms with Gasteiger partial charge >= 0.3 is 0 Å². The first-order valence-electron chi connectivity index (χ1n) is 10.8. The summed E-state index contributed by atoms with van der Waals surface area (Å²) in [5, 5.41) is 0. The van der Waals surface area contributed by atoms with Crippen LogP contribution >= 0.6 is 0 Å². The van der Waals surface area contributed by atoms with Crippen LogP contribution in [0.2, 0.25) is 0 Å². The molecule has 2 aromatic rings. The Bertz CT molecular complexity index is 1060. The number of aryl methyl sites for hydroxylation is 1. The highest BCUT2D eigenvalue weighted by molar-refractivity contribution is 5.94. The van der Waals surface area contributed by atoms with Crippen LogP contribution in [0.1, 0.15) is 40.1 Å². The zero-order valence-electron chi connectivity index (χ0n) is 17.6. The number of rotatable bonds is 2. The number of piperidine rings is 1. The molecule has 0 unspecified atom stereocenters. The monoisotopic (exact) mass is 422 g/mol. The average Bonchev–Trinajstić information content (AvgIpc) is 2.80. The Labute approximate surface area is 180 Å². The Hall–Kier alpha value is -3.00. The number of morpholine rings is 1. The Morgan fingerprint density at radius 3 is 2.61 bits per heavy atom. The van der Waals surface area contributed by atoms with E-state index in [1.165, 1.54) is 6.07 Å². The van der Waals surface area contributed by atoms with E-state index in [1.54, 1.807) is 27.8 Å². The van der Waals surface area contributed by atoms with Crippen LogP contribution in [-0.2, 0) is 9.53 Å². The summed E-state index contributed by atoms with van der Waals surface area (Å²) in [7, 11) is 0. The van der Waals surface area contributed by atoms with Crippen molar-refractivity contribution in [2.75, 3.05) is 39.4 Å². The normalized spacial score (nSPS) is 25.1. The molecular formula is C23H26N4O4. The standard InChI is InChI=1S/C23H26N4O4/c1-15-5-6-16(12-24-15)22(29)26-13-17-11-18(14-26)21(23(30)25-7-9-31-10-8-25)27-19(17)3-2-4-20(27)28/h2-6,12,17-18,21H,7-11,13-14H2,1H3/t17-,18+,21-/m1/s1. The summed E-state index contributed by atoms with van der Waals surface area (Å²) in [6.45, 7) is 4.94. The van der Waals surface area contributed by atoms with E-state index in [2.05, 4.69) is 4.98 Å². The molecule has 3 aliphatic heterocycles. The van der Waals surface area contributed by atoms with Gasteiger partial charge in [0.1, 0.15) is 6.04 Å². The van der Waals surface area contributed by atoms with Gasteiger partial charge in [-0.1, -0.05) is 6.07 Å². The van der Waals surface area contributed by atoms with Crippen LogP contribution in [0.25, 0.3) is 0 Å². The molecule has 0 saturated carbocycles. The fourth-order valence-corrected chi connectivity index (χ4v) is 5.16. The number of likely N-dealkylation sites (tertiary alicyclic amines) is 1. The zero-order chi connectivity index (χ0) is 21.5. The van der Waals surface area contributed by atoms with Crippen LogP contribution in [0, 0.1) is 12.8 Å². The molecule has 5 rings (SSSR count). The molecular weight excluding hydrogens is 396 g/mol. The first-order valence-corrected chi connectivity index (χ1v) is 10.8. The van der Waals surface area contributed by atoms with E-state index >= 15 is 0 Å². The number of ether oxygens (including phenoxy) is 1. The number of pyridine rings is 2. The first kappa shape index (κ1) is 19.9. The molecule has 5 heterocycles. The lowest BCUT2D eigenvalue weighted by Crippen LogP contribution is -2.56. The predicted octanol–water partition coefficient (Wildman–Crippen LogP) is 1.21. The quantitative estimate of drug-likeness (QED) is 0.726. The SMILES string of the molecule is Cc1ccc(C(=O)N2C[C@H]3C[C@@H](C2)[C@H](C(=O)N2CCOCC2)n2c3cccc2=O)cn1. The van der Waals surface area contributed by atoms with Gasteiger partial charge in [-0.25, -0.2) is 0 Å². The van der Waals surface area contributed by atoms with Crippen molar-refractivity contribution in [2.24, 2.45) is 5.92 Å². The summed E-state index contributed by atoms with van der Waals surface area (Å²) in [6.07, 6.45) is 2.40. The Kier molecular flexibility index (Phi) is 5.09. The second-order valence-electron chi connectivity index (χ2n) is 8.63. The second-order valence-corrected chi connectivity index (χ2v) is 8.63. The van der Waals surface area contributed by atoms with E-state index in [1.807, 2.05) is 24.0 Å². The van der Waals surface area contributed by atoms with E-state index in [0.29, 0.717) is 45.0 Å². The van der Waals surface area contributed by atoms with Crippen molar-refractivity contribution >= 4 is 11.8 Å². The molecule has 8 nitrogen and oxygen atoms in total. The fourth-order valence-electron chi connectivity index (χ4n) is 5.16. The van der Waals surface area contributed by atoms with E-state index in [9.17, 15) is 14.4 Å². The molecule has 2 amide bonds. The maximum absolute atomic E-state index is 13.5. The molecule has 0 spiro atoms. The van der Waals surface area contributed by atoms with Crippen LogP contribution in [0.15, 0.2) is 41.3 Å². The second kappa shape index (κ2) is 7.92. The van der Waals surface area contributed by atoms with Crippen molar-refractivity contribution < 1.29 is 14.3 Å². The van der Waals surface area contributed by atoms with E-state index in [-0.39, 0.29) is 29.2 Å². The number of aromatic nitrogens is 2. The summed E-state index contributed by atoms with van der Waals surface area (Å²) in [4.78, 5) is 47.5. The maximum atomic E-state index is 13.5. The summed E-state index contributed by atoms with van der Waals surface area (Å²) in [5.41, 5.74) is 2.10. The van der Waals surface area contributed by atoms with Gasteiger partial charge in [-0.3, -0.25) is 23.9 Å². The molecule has 2 bridgehead atoms. The topological polar surface area (TPSA) is 84.7 Å². The van der Waals surface area contributed by atoms with Gasteiger partial charge in [0, 0.05) is 61.7 Å². The number of nitrogens with zero attached hydrogens (tertiary/aromatic N) is 4. The smallest absolute Gasteiger partial charge is 0.255 e. The number of hydrogen-bond acceptors (Lipinski definition) is 5. The molecule has 8 heteroatoms. The zero-order valence-corrected chi connectivity index (χ0v) is 17.6. The number of amides is 2. The Morgan fingerprint density at radius 2 is 1.87 bits per heavy atom. The van der Waals surface area contributed by atoms with Gasteiger partial charge in [0.15, 0.2) is 0 Å². The van der Waals surface area contributed by atoms with Crippen molar-refractivity contribution in [3.63, 3.8) is 0 Å². The van der Waals surface area contributed by atoms with E-state index in [0.717, 1.165) is 17.8 Å². The van der Waals surface area contributed by atoms with Gasteiger partial charge in [0.05, 0.1) is 18.8 Å². The molecule has 0 aromatic carbocycles. The minimum Gasteiger partial charge on any atom is -0.378 e. The highest BCUT2D eigenvalue weighted by Crippen LogP contribution is 2.42. The van der Waals surface area contributed by atoms with Crippen molar-refractivity contribution in [3.8, 4) is 0 Å². The highest BCUT2D eigenvalue weighted by Gasteiger charge is 2.46. The van der Waals surface area contributed by atoms with Gasteiger partial charge in [0.2, 0.25) is 5.91 Å². The summed E-state index contributed by atoms with van der Waals surface area (Å²) >= 11 is 0. The summed E-state index contributed by atoms with van der Waals surface area (Å²) in [6, 6.07) is 8.22. The van der Waals surface area contributed by atoms with Crippen molar-refractivity contribution in [2.45, 2.75) is 25.3 Å². The van der Waals surface area contributed by atoms with Crippen LogP contribution in [0.4, 0.5) is 0 Å². The molecule has 162 valence electrons. The van der Waals surface area contributed by atoms with Gasteiger partial charge in [0.25, 0.3) is 11.5 Å². The van der Waals surface area contributed by atoms with Crippen molar-refractivity contribution in [1.82, 2.24) is 19.4 Å². The molecule has 0 aliphatic carbocycles. The van der Waals surface area contributed by atoms with Crippen LogP contribution in [-0.4, -0.2) is 70.6 Å². The van der Waals surface area contributed by atoms with Gasteiger partial charge in [-0.2, -0.15) is 0 Å².